The average Bonchev–Trinajstić information content (AvgIpc) is 2.73. The summed E-state index contributed by atoms with van der Waals surface area (Å²) >= 11 is 7.34. The highest BCUT2D eigenvalue weighted by atomic mass is 35.5. The lowest BCUT2D eigenvalue weighted by atomic mass is 9.82. The van der Waals surface area contributed by atoms with Gasteiger partial charge in [-0.05, 0) is 11.6 Å². The van der Waals surface area contributed by atoms with Crippen molar-refractivity contribution in [3.63, 3.8) is 0 Å². The predicted octanol–water partition coefficient (Wildman–Crippen LogP) is 2.84. The van der Waals surface area contributed by atoms with E-state index >= 15 is 0 Å². The van der Waals surface area contributed by atoms with E-state index in [0.29, 0.717) is 17.6 Å². The van der Waals surface area contributed by atoms with Gasteiger partial charge in [0.1, 0.15) is 0 Å². The molecule has 0 aliphatic carbocycles. The molecule has 3 rings (SSSR count). The van der Waals surface area contributed by atoms with Gasteiger partial charge in [-0.2, -0.15) is 0 Å². The third-order valence-electron chi connectivity index (χ3n) is 3.28. The molecule has 0 spiro atoms. The maximum Gasteiger partial charge on any atom is 0.255 e. The summed E-state index contributed by atoms with van der Waals surface area (Å²) in [6.07, 6.45) is 1.89. The lowest BCUT2D eigenvalue weighted by molar-refractivity contribution is -0.0502. The molecule has 18 heavy (non-hydrogen) atoms. The first-order valence-electron chi connectivity index (χ1n) is 5.64. The van der Waals surface area contributed by atoms with Crippen LogP contribution in [0.5, 0.6) is 0 Å². The number of thiophene rings is 1. The molecular weight excluding hydrogens is 270 g/mol. The summed E-state index contributed by atoms with van der Waals surface area (Å²) < 4.78 is 7.59. The van der Waals surface area contributed by atoms with Gasteiger partial charge in [0, 0.05) is 23.1 Å². The van der Waals surface area contributed by atoms with Crippen LogP contribution in [0.2, 0.25) is 4.34 Å². The molecule has 1 fully saturated rings. The van der Waals surface area contributed by atoms with Crippen molar-refractivity contribution < 1.29 is 4.74 Å². The second-order valence-corrected chi connectivity index (χ2v) is 6.33. The van der Waals surface area contributed by atoms with Gasteiger partial charge in [0.25, 0.3) is 5.56 Å². The highest BCUT2D eigenvalue weighted by Crippen LogP contribution is 2.31. The normalized spacial score (nSPS) is 17.4. The first-order valence-corrected chi connectivity index (χ1v) is 6.90. The minimum absolute atomic E-state index is 0.0231. The van der Waals surface area contributed by atoms with Gasteiger partial charge in [0.2, 0.25) is 0 Å². The van der Waals surface area contributed by atoms with Crippen LogP contribution in [0.3, 0.4) is 0 Å². The van der Waals surface area contributed by atoms with E-state index in [4.69, 9.17) is 16.3 Å². The summed E-state index contributed by atoms with van der Waals surface area (Å²) in [6, 6.07) is 5.29. The molecule has 0 N–H and O–H groups in total. The van der Waals surface area contributed by atoms with Crippen LogP contribution in [-0.4, -0.2) is 17.8 Å². The zero-order chi connectivity index (χ0) is 12.8. The zero-order valence-corrected chi connectivity index (χ0v) is 11.4. The van der Waals surface area contributed by atoms with Crippen molar-refractivity contribution in [2.24, 2.45) is 0 Å². The molecule has 0 atom stereocenters. The van der Waals surface area contributed by atoms with Gasteiger partial charge in [0.15, 0.2) is 0 Å². The Kier molecular flexibility index (Phi) is 2.81. The highest BCUT2D eigenvalue weighted by Gasteiger charge is 2.35. The molecule has 3 heterocycles. The number of nitrogens with zero attached hydrogens (tertiary/aromatic N) is 1. The van der Waals surface area contributed by atoms with E-state index in [9.17, 15) is 4.79 Å². The second kappa shape index (κ2) is 4.23. The summed E-state index contributed by atoms with van der Waals surface area (Å²) in [5, 5.41) is 1.88. The van der Waals surface area contributed by atoms with Crippen molar-refractivity contribution in [2.45, 2.75) is 12.3 Å². The molecule has 94 valence electrons. The van der Waals surface area contributed by atoms with Crippen LogP contribution in [-0.2, 0) is 10.2 Å². The lowest BCUT2D eigenvalue weighted by Gasteiger charge is -2.38. The molecule has 2 aromatic rings. The highest BCUT2D eigenvalue weighted by molar-refractivity contribution is 7.14. The Morgan fingerprint density at radius 2 is 2.22 bits per heavy atom. The van der Waals surface area contributed by atoms with E-state index in [-0.39, 0.29) is 11.0 Å². The minimum Gasteiger partial charge on any atom is -0.379 e. The fourth-order valence-electron chi connectivity index (χ4n) is 2.05. The SMILES string of the molecule is CC1(c2ccc(=O)n(-c3csc(Cl)c3)c2)COC1. The second-order valence-electron chi connectivity index (χ2n) is 4.79. The molecule has 0 aromatic carbocycles. The Labute approximate surface area is 114 Å². The van der Waals surface area contributed by atoms with Gasteiger partial charge < -0.3 is 4.74 Å². The zero-order valence-electron chi connectivity index (χ0n) is 9.85. The molecule has 0 bridgehead atoms. The van der Waals surface area contributed by atoms with Gasteiger partial charge in [-0.25, -0.2) is 0 Å². The first kappa shape index (κ1) is 12.0. The first-order chi connectivity index (χ1) is 8.58. The third-order valence-corrected chi connectivity index (χ3v) is 4.36. The van der Waals surface area contributed by atoms with Gasteiger partial charge in [-0.3, -0.25) is 9.36 Å². The number of pyridine rings is 1. The summed E-state index contributed by atoms with van der Waals surface area (Å²) in [6.45, 7) is 3.55. The lowest BCUT2D eigenvalue weighted by Crippen LogP contribution is -2.44. The van der Waals surface area contributed by atoms with Crippen LogP contribution >= 0.6 is 22.9 Å². The largest absolute Gasteiger partial charge is 0.379 e. The number of rotatable bonds is 2. The van der Waals surface area contributed by atoms with Gasteiger partial charge >= 0.3 is 0 Å². The van der Waals surface area contributed by atoms with Crippen molar-refractivity contribution >= 4 is 22.9 Å². The summed E-state index contributed by atoms with van der Waals surface area (Å²) in [7, 11) is 0. The Hall–Kier alpha value is -1.10. The smallest absolute Gasteiger partial charge is 0.255 e. The molecule has 0 amide bonds. The number of hydrogen-bond donors (Lipinski definition) is 0. The minimum atomic E-state index is -0.0444. The van der Waals surface area contributed by atoms with Gasteiger partial charge in [-0.1, -0.05) is 24.6 Å². The molecule has 2 aromatic heterocycles. The molecule has 0 radical (unpaired) electrons. The van der Waals surface area contributed by atoms with E-state index in [0.717, 1.165) is 11.3 Å². The van der Waals surface area contributed by atoms with E-state index < -0.39 is 0 Å². The van der Waals surface area contributed by atoms with E-state index in [1.807, 2.05) is 17.6 Å². The summed E-state index contributed by atoms with van der Waals surface area (Å²) in [4.78, 5) is 11.9. The fourth-order valence-corrected chi connectivity index (χ4v) is 2.90. The predicted molar refractivity (Wildman–Crippen MR) is 73.1 cm³/mol. The maximum absolute atomic E-state index is 11.9. The van der Waals surface area contributed by atoms with Gasteiger partial charge in [0.05, 0.1) is 23.2 Å². The van der Waals surface area contributed by atoms with E-state index in [1.54, 1.807) is 16.7 Å². The maximum atomic E-state index is 11.9. The van der Waals surface area contributed by atoms with Crippen molar-refractivity contribution in [3.8, 4) is 5.69 Å². The van der Waals surface area contributed by atoms with Gasteiger partial charge in [-0.15, -0.1) is 11.3 Å². The molecule has 5 heteroatoms. The average molecular weight is 282 g/mol. The Bertz CT molecular complexity index is 642. The summed E-state index contributed by atoms with van der Waals surface area (Å²) in [5.41, 5.74) is 1.92. The monoisotopic (exact) mass is 281 g/mol. The van der Waals surface area contributed by atoms with Crippen LogP contribution < -0.4 is 5.56 Å². The number of hydrogen-bond acceptors (Lipinski definition) is 3. The quantitative estimate of drug-likeness (QED) is 0.848. The van der Waals surface area contributed by atoms with Crippen LogP contribution in [0.1, 0.15) is 12.5 Å². The molecule has 3 nitrogen and oxygen atoms in total. The van der Waals surface area contributed by atoms with Crippen LogP contribution in [0, 0.1) is 0 Å². The Morgan fingerprint density at radius 3 is 2.78 bits per heavy atom. The van der Waals surface area contributed by atoms with E-state index in [1.165, 1.54) is 11.3 Å². The molecule has 1 aliphatic heterocycles. The van der Waals surface area contributed by atoms with Crippen molar-refractivity contribution in [3.05, 3.63) is 50.0 Å². The topological polar surface area (TPSA) is 31.2 Å². The number of halogens is 1. The fraction of sp³-hybridized carbons (Fsp3) is 0.308. The molecule has 0 unspecified atom stereocenters. The number of ether oxygens (including phenoxy) is 1. The summed E-state index contributed by atoms with van der Waals surface area (Å²) in [5.74, 6) is 0. The van der Waals surface area contributed by atoms with Crippen LogP contribution in [0.4, 0.5) is 0 Å². The molecule has 0 saturated carbocycles. The number of aromatic nitrogens is 1. The molecule has 1 aliphatic rings. The van der Waals surface area contributed by atoms with E-state index in [2.05, 4.69) is 6.92 Å². The molecular formula is C13H12ClNO2S. The third kappa shape index (κ3) is 1.90. The standard InChI is InChI=1S/C13H12ClNO2S/c1-13(7-17-8-13)9-2-3-12(16)15(5-9)10-4-11(14)18-6-10/h2-6H,7-8H2,1H3. The Morgan fingerprint density at radius 1 is 1.44 bits per heavy atom. The Balaban J connectivity index is 2.09. The van der Waals surface area contributed by atoms with Crippen LogP contribution in [0.25, 0.3) is 5.69 Å². The van der Waals surface area contributed by atoms with Crippen molar-refractivity contribution in [1.82, 2.24) is 4.57 Å². The molecule has 1 saturated heterocycles. The van der Waals surface area contributed by atoms with Crippen molar-refractivity contribution in [1.29, 1.82) is 0 Å². The van der Waals surface area contributed by atoms with Crippen molar-refractivity contribution in [2.75, 3.05) is 13.2 Å². The van der Waals surface area contributed by atoms with Crippen LogP contribution in [0.15, 0.2) is 34.6 Å².